The largest absolute Gasteiger partial charge is 0.493 e. The number of aryl methyl sites for hydroxylation is 1. The van der Waals surface area contributed by atoms with Gasteiger partial charge in [0.05, 0.1) is 24.9 Å². The van der Waals surface area contributed by atoms with E-state index in [9.17, 15) is 5.11 Å². The Hall–Kier alpha value is -3.66. The molecule has 0 radical (unpaired) electrons. The molecule has 0 saturated carbocycles. The molecule has 10 heteroatoms. The van der Waals surface area contributed by atoms with Crippen molar-refractivity contribution in [2.24, 2.45) is 5.10 Å². The van der Waals surface area contributed by atoms with Gasteiger partial charge in [-0.05, 0) is 79.4 Å². The van der Waals surface area contributed by atoms with Crippen LogP contribution in [0.2, 0.25) is 5.02 Å². The smallest absolute Gasteiger partial charge is 0.177 e. The molecule has 4 N–H and O–H groups in total. The van der Waals surface area contributed by atoms with Crippen molar-refractivity contribution in [3.63, 3.8) is 0 Å². The summed E-state index contributed by atoms with van der Waals surface area (Å²) in [6.45, 7) is 6.18. The second kappa shape index (κ2) is 11.0. The second-order valence-electron chi connectivity index (χ2n) is 9.59. The maximum atomic E-state index is 11.6. The normalized spacial score (nSPS) is 18.4. The fourth-order valence-corrected chi connectivity index (χ4v) is 4.97. The quantitative estimate of drug-likeness (QED) is 0.339. The number of benzene rings is 3. The highest BCUT2D eigenvalue weighted by Gasteiger charge is 2.37. The first-order valence-corrected chi connectivity index (χ1v) is 12.9. The average Bonchev–Trinajstić information content (AvgIpc) is 3.41. The first-order chi connectivity index (χ1) is 18.3. The monoisotopic (exact) mass is 537 g/mol. The number of nitrogens with one attached hydrogen (secondary N) is 3. The first kappa shape index (κ1) is 26.0. The molecule has 38 heavy (non-hydrogen) atoms. The zero-order chi connectivity index (χ0) is 26.8. The maximum Gasteiger partial charge on any atom is 0.177 e. The van der Waals surface area contributed by atoms with Crippen molar-refractivity contribution in [2.75, 3.05) is 18.6 Å². The highest BCUT2D eigenvalue weighted by atomic mass is 35.5. The van der Waals surface area contributed by atoms with E-state index in [1.165, 1.54) is 0 Å². The molecule has 5 rings (SSSR count). The van der Waals surface area contributed by atoms with Crippen LogP contribution in [-0.2, 0) is 6.42 Å². The van der Waals surface area contributed by atoms with Crippen molar-refractivity contribution < 1.29 is 19.3 Å². The third kappa shape index (κ3) is 5.31. The Morgan fingerprint density at radius 3 is 2.55 bits per heavy atom. The number of halogens is 1. The first-order valence-electron chi connectivity index (χ1n) is 12.5. The lowest BCUT2D eigenvalue weighted by atomic mass is 9.86. The molecule has 2 unspecified atom stereocenters. The molecule has 0 aliphatic carbocycles. The van der Waals surface area contributed by atoms with Crippen molar-refractivity contribution in [2.45, 2.75) is 45.6 Å². The van der Waals surface area contributed by atoms with Crippen LogP contribution in [0.25, 0.3) is 0 Å². The minimum absolute atomic E-state index is 0.0330. The maximum absolute atomic E-state index is 11.6. The van der Waals surface area contributed by atoms with Gasteiger partial charge in [-0.2, -0.15) is 0 Å². The summed E-state index contributed by atoms with van der Waals surface area (Å²) < 4.78 is 18.0. The summed E-state index contributed by atoms with van der Waals surface area (Å²) in [6, 6.07) is 17.3. The van der Waals surface area contributed by atoms with Crippen LogP contribution in [0.5, 0.6) is 17.2 Å². The zero-order valence-corrected chi connectivity index (χ0v) is 22.5. The Kier molecular flexibility index (Phi) is 7.51. The number of amidine groups is 1. The second-order valence-corrected chi connectivity index (χ2v) is 10.0. The van der Waals surface area contributed by atoms with E-state index >= 15 is 0 Å². The molecule has 0 aromatic heterocycles. The van der Waals surface area contributed by atoms with Gasteiger partial charge in [0, 0.05) is 11.4 Å². The number of ether oxygens (including phenoxy) is 3. The van der Waals surface area contributed by atoms with Gasteiger partial charge >= 0.3 is 0 Å². The Morgan fingerprint density at radius 1 is 1.08 bits per heavy atom. The van der Waals surface area contributed by atoms with Crippen LogP contribution in [0, 0.1) is 6.92 Å². The van der Waals surface area contributed by atoms with Crippen LogP contribution in [0.1, 0.15) is 42.1 Å². The predicted octanol–water partition coefficient (Wildman–Crippen LogP) is 4.22. The van der Waals surface area contributed by atoms with Crippen LogP contribution in [-0.4, -0.2) is 37.0 Å². The summed E-state index contributed by atoms with van der Waals surface area (Å²) in [6.07, 6.45) is -0.470. The minimum atomic E-state index is -0.833. The summed E-state index contributed by atoms with van der Waals surface area (Å²) in [5.74, 6) is 2.54. The van der Waals surface area contributed by atoms with Crippen molar-refractivity contribution in [1.29, 1.82) is 0 Å². The van der Waals surface area contributed by atoms with Crippen LogP contribution < -0.4 is 35.6 Å². The van der Waals surface area contributed by atoms with E-state index in [2.05, 4.69) is 21.6 Å². The zero-order valence-electron chi connectivity index (χ0n) is 21.8. The van der Waals surface area contributed by atoms with Gasteiger partial charge in [0.1, 0.15) is 18.6 Å². The van der Waals surface area contributed by atoms with E-state index in [1.807, 2.05) is 80.3 Å². The summed E-state index contributed by atoms with van der Waals surface area (Å²) in [4.78, 5) is 1.99. The fraction of sp³-hybridized carbons (Fsp3) is 0.321. The molecular formula is C28H32ClN5O4. The lowest BCUT2D eigenvalue weighted by Gasteiger charge is -2.43. The lowest BCUT2D eigenvalue weighted by molar-refractivity contribution is 0.152. The highest BCUT2D eigenvalue weighted by Crippen LogP contribution is 2.47. The number of aliphatic hydroxyl groups excluding tert-OH is 1. The van der Waals surface area contributed by atoms with Gasteiger partial charge in [-0.1, -0.05) is 29.8 Å². The lowest BCUT2D eigenvalue weighted by Crippen LogP contribution is -2.44. The van der Waals surface area contributed by atoms with Gasteiger partial charge in [-0.3, -0.25) is 5.43 Å². The van der Waals surface area contributed by atoms with Gasteiger partial charge in [0.2, 0.25) is 0 Å². The number of hydrogen-bond donors (Lipinski definition) is 4. The summed E-state index contributed by atoms with van der Waals surface area (Å²) in [5, 5.41) is 16.4. The van der Waals surface area contributed by atoms with Gasteiger partial charge < -0.3 is 24.2 Å². The molecule has 2 atom stereocenters. The SMILES string of the molecule is COc1cc2c(cc1OC(C)C)C(c1ccc(Cl)cc1)N(c1ccc(C)cc1OCC1=NNNN1)C(O)C2. The molecule has 9 nitrogen and oxygen atoms in total. The van der Waals surface area contributed by atoms with Gasteiger partial charge in [-0.15, -0.1) is 10.6 Å². The molecule has 2 aliphatic rings. The van der Waals surface area contributed by atoms with E-state index in [0.717, 1.165) is 27.9 Å². The molecule has 0 bridgehead atoms. The number of methoxy groups -OCH3 is 1. The molecule has 0 fully saturated rings. The molecule has 2 heterocycles. The van der Waals surface area contributed by atoms with E-state index in [1.54, 1.807) is 7.11 Å². The Labute approximate surface area is 227 Å². The average molecular weight is 538 g/mol. The molecule has 3 aromatic rings. The van der Waals surface area contributed by atoms with Gasteiger partial charge in [-0.25, -0.2) is 5.53 Å². The predicted molar refractivity (Wildman–Crippen MR) is 148 cm³/mol. The van der Waals surface area contributed by atoms with E-state index in [-0.39, 0.29) is 18.8 Å². The Morgan fingerprint density at radius 2 is 1.87 bits per heavy atom. The van der Waals surface area contributed by atoms with Gasteiger partial charge in [0.15, 0.2) is 17.3 Å². The summed E-state index contributed by atoms with van der Waals surface area (Å²) in [5.41, 5.74) is 13.0. The Bertz CT molecular complexity index is 1330. The third-order valence-electron chi connectivity index (χ3n) is 6.48. The van der Waals surface area contributed by atoms with Crippen LogP contribution in [0.15, 0.2) is 59.7 Å². The summed E-state index contributed by atoms with van der Waals surface area (Å²) in [7, 11) is 1.63. The van der Waals surface area contributed by atoms with E-state index < -0.39 is 6.23 Å². The Balaban J connectivity index is 1.64. The van der Waals surface area contributed by atoms with E-state index in [0.29, 0.717) is 34.5 Å². The number of rotatable bonds is 8. The van der Waals surface area contributed by atoms with Gasteiger partial charge in [0.25, 0.3) is 0 Å². The third-order valence-corrected chi connectivity index (χ3v) is 6.73. The number of anilines is 1. The number of hydrazine groups is 2. The molecular weight excluding hydrogens is 506 g/mol. The van der Waals surface area contributed by atoms with Crippen molar-refractivity contribution in [1.82, 2.24) is 16.5 Å². The number of fused-ring (bicyclic) bond motifs is 1. The number of nitrogens with zero attached hydrogens (tertiary/aromatic N) is 2. The van der Waals surface area contributed by atoms with Crippen LogP contribution >= 0.6 is 11.6 Å². The molecule has 0 amide bonds. The number of aliphatic hydroxyl groups is 1. The van der Waals surface area contributed by atoms with E-state index in [4.69, 9.17) is 25.8 Å². The molecule has 0 spiro atoms. The van der Waals surface area contributed by atoms with Crippen LogP contribution in [0.3, 0.4) is 0 Å². The van der Waals surface area contributed by atoms with Crippen molar-refractivity contribution in [3.05, 3.63) is 81.9 Å². The molecule has 200 valence electrons. The number of hydrazone groups is 1. The highest BCUT2D eigenvalue weighted by molar-refractivity contribution is 6.30. The minimum Gasteiger partial charge on any atom is -0.493 e. The fourth-order valence-electron chi connectivity index (χ4n) is 4.84. The molecule has 3 aromatic carbocycles. The van der Waals surface area contributed by atoms with Crippen LogP contribution in [0.4, 0.5) is 5.69 Å². The van der Waals surface area contributed by atoms with Crippen molar-refractivity contribution >= 4 is 23.1 Å². The number of hydrogen-bond acceptors (Lipinski definition) is 9. The summed E-state index contributed by atoms with van der Waals surface area (Å²) >= 11 is 6.25. The topological polar surface area (TPSA) is 99.6 Å². The standard InChI is InChI=1S/C28H32ClN5O4/c1-16(2)38-25-14-21-19(12-24(25)36-4)13-27(35)34(28(21)18-6-8-20(29)9-7-18)22-10-5-17(3)11-23(22)37-15-26-30-32-33-31-26/h5-12,14,16,27-28,32-33,35H,13,15H2,1-4H3,(H,30,31). The molecule has 2 aliphatic heterocycles. The molecule has 0 saturated heterocycles. The van der Waals surface area contributed by atoms with Crippen molar-refractivity contribution in [3.8, 4) is 17.2 Å².